The van der Waals surface area contributed by atoms with Crippen LogP contribution in [0.15, 0.2) is 29.2 Å². The first-order chi connectivity index (χ1) is 8.69. The summed E-state index contributed by atoms with van der Waals surface area (Å²) in [6, 6.07) is 7.17. The average Bonchev–Trinajstić information content (AvgIpc) is 2.39. The number of ether oxygens (including phenoxy) is 1. The molecule has 0 N–H and O–H groups in total. The molecule has 0 spiro atoms. The van der Waals surface area contributed by atoms with E-state index in [1.165, 1.54) is 19.3 Å². The van der Waals surface area contributed by atoms with Gasteiger partial charge in [-0.3, -0.25) is 0 Å². The fraction of sp³-hybridized carbons (Fsp3) is 0.533. The fourth-order valence-corrected chi connectivity index (χ4v) is 2.69. The van der Waals surface area contributed by atoms with Crippen molar-refractivity contribution >= 4 is 18.6 Å². The number of thiol groups is 1. The van der Waals surface area contributed by atoms with Crippen molar-refractivity contribution in [1.82, 2.24) is 0 Å². The minimum atomic E-state index is -0.204. The third kappa shape index (κ3) is 3.52. The van der Waals surface area contributed by atoms with E-state index >= 15 is 0 Å². The zero-order chi connectivity index (χ0) is 13.0. The highest BCUT2D eigenvalue weighted by atomic mass is 32.1. The molecule has 3 heteroatoms. The summed E-state index contributed by atoms with van der Waals surface area (Å²) in [6.45, 7) is 2.21. The van der Waals surface area contributed by atoms with Crippen molar-refractivity contribution in [3.63, 3.8) is 0 Å². The summed E-state index contributed by atoms with van der Waals surface area (Å²) in [4.78, 5) is 12.8. The molecule has 1 aromatic rings. The molecule has 0 radical (unpaired) electrons. The maximum atomic E-state index is 12.0. The smallest absolute Gasteiger partial charge is 0.338 e. The summed E-state index contributed by atoms with van der Waals surface area (Å²) in [5.41, 5.74) is 0.617. The van der Waals surface area contributed by atoms with E-state index in [2.05, 4.69) is 19.6 Å². The van der Waals surface area contributed by atoms with E-state index in [1.807, 2.05) is 12.1 Å². The van der Waals surface area contributed by atoms with Gasteiger partial charge in [0.05, 0.1) is 5.56 Å². The van der Waals surface area contributed by atoms with Crippen LogP contribution in [0, 0.1) is 5.92 Å². The minimum Gasteiger partial charge on any atom is -0.459 e. The lowest BCUT2D eigenvalue weighted by molar-refractivity contribution is 0.0140. The third-order valence-corrected chi connectivity index (χ3v) is 3.99. The maximum absolute atomic E-state index is 12.0. The van der Waals surface area contributed by atoms with Gasteiger partial charge in [-0.05, 0) is 49.4 Å². The molecule has 18 heavy (non-hydrogen) atoms. The molecule has 1 aliphatic carbocycles. The molecule has 1 fully saturated rings. The lowest BCUT2D eigenvalue weighted by Gasteiger charge is -2.28. The van der Waals surface area contributed by atoms with E-state index < -0.39 is 0 Å². The van der Waals surface area contributed by atoms with Gasteiger partial charge in [0.2, 0.25) is 0 Å². The van der Waals surface area contributed by atoms with Crippen molar-refractivity contribution in [2.24, 2.45) is 5.92 Å². The Morgan fingerprint density at radius 2 is 2.06 bits per heavy atom. The number of rotatable bonds is 3. The highest BCUT2D eigenvalue weighted by molar-refractivity contribution is 7.80. The quantitative estimate of drug-likeness (QED) is 0.657. The second kappa shape index (κ2) is 6.28. The molecule has 0 amide bonds. The Balaban J connectivity index is 1.92. The van der Waals surface area contributed by atoms with Crippen molar-refractivity contribution in [3.05, 3.63) is 29.8 Å². The fourth-order valence-electron chi connectivity index (χ4n) is 2.54. The molecule has 0 bridgehead atoms. The van der Waals surface area contributed by atoms with Crippen LogP contribution in [-0.4, -0.2) is 12.1 Å². The number of benzene rings is 1. The lowest BCUT2D eigenvalue weighted by Crippen LogP contribution is -2.25. The Morgan fingerprint density at radius 3 is 2.72 bits per heavy atom. The standard InChI is InChI=1S/C15H20O2S/c1-2-11-4-3-5-13(10-11)17-15(16)12-6-8-14(18)9-7-12/h6-9,11,13,18H,2-5,10H2,1H3. The summed E-state index contributed by atoms with van der Waals surface area (Å²) in [5.74, 6) is 0.515. The van der Waals surface area contributed by atoms with Crippen LogP contribution < -0.4 is 0 Å². The van der Waals surface area contributed by atoms with Gasteiger partial charge in [0, 0.05) is 4.90 Å². The van der Waals surface area contributed by atoms with Gasteiger partial charge in [0.15, 0.2) is 0 Å². The summed E-state index contributed by atoms with van der Waals surface area (Å²) >= 11 is 4.20. The van der Waals surface area contributed by atoms with Crippen LogP contribution in [0.1, 0.15) is 49.4 Å². The number of carbonyl (C=O) groups excluding carboxylic acids is 1. The number of hydrogen-bond donors (Lipinski definition) is 1. The molecule has 0 saturated heterocycles. The summed E-state index contributed by atoms with van der Waals surface area (Å²) in [7, 11) is 0. The molecule has 1 saturated carbocycles. The van der Waals surface area contributed by atoms with Gasteiger partial charge in [-0.15, -0.1) is 12.6 Å². The van der Waals surface area contributed by atoms with Gasteiger partial charge in [0.1, 0.15) is 6.10 Å². The van der Waals surface area contributed by atoms with E-state index in [-0.39, 0.29) is 12.1 Å². The van der Waals surface area contributed by atoms with Crippen LogP contribution in [0.25, 0.3) is 0 Å². The van der Waals surface area contributed by atoms with Gasteiger partial charge < -0.3 is 4.74 Å². The molecule has 2 unspecified atom stereocenters. The second-order valence-electron chi connectivity index (χ2n) is 5.02. The zero-order valence-corrected chi connectivity index (χ0v) is 11.7. The van der Waals surface area contributed by atoms with Gasteiger partial charge in [-0.1, -0.05) is 19.8 Å². The van der Waals surface area contributed by atoms with Crippen molar-refractivity contribution in [2.75, 3.05) is 0 Å². The summed E-state index contributed by atoms with van der Waals surface area (Å²) < 4.78 is 5.59. The molecule has 0 heterocycles. The molecule has 98 valence electrons. The van der Waals surface area contributed by atoms with Crippen molar-refractivity contribution < 1.29 is 9.53 Å². The average molecular weight is 264 g/mol. The molecule has 2 rings (SSSR count). The molecule has 1 aliphatic rings. The Hall–Kier alpha value is -0.960. The van der Waals surface area contributed by atoms with Gasteiger partial charge in [0.25, 0.3) is 0 Å². The first kappa shape index (κ1) is 13.5. The van der Waals surface area contributed by atoms with Crippen LogP contribution in [0.3, 0.4) is 0 Å². The maximum Gasteiger partial charge on any atom is 0.338 e. The number of esters is 1. The van der Waals surface area contributed by atoms with E-state index in [0.717, 1.165) is 23.7 Å². The van der Waals surface area contributed by atoms with Gasteiger partial charge in [-0.2, -0.15) is 0 Å². The third-order valence-electron chi connectivity index (χ3n) is 3.69. The predicted molar refractivity (Wildman–Crippen MR) is 75.1 cm³/mol. The van der Waals surface area contributed by atoms with Crippen molar-refractivity contribution in [3.8, 4) is 0 Å². The number of hydrogen-bond acceptors (Lipinski definition) is 3. The topological polar surface area (TPSA) is 26.3 Å². The lowest BCUT2D eigenvalue weighted by atomic mass is 9.85. The van der Waals surface area contributed by atoms with E-state index in [9.17, 15) is 4.79 Å². The Labute approximate surface area is 114 Å². The van der Waals surface area contributed by atoms with Crippen LogP contribution >= 0.6 is 12.6 Å². The van der Waals surface area contributed by atoms with Gasteiger partial charge in [-0.25, -0.2) is 4.79 Å². The van der Waals surface area contributed by atoms with Crippen LogP contribution in [-0.2, 0) is 4.74 Å². The van der Waals surface area contributed by atoms with E-state index in [1.54, 1.807) is 12.1 Å². The Bertz CT molecular complexity index is 399. The van der Waals surface area contributed by atoms with E-state index in [0.29, 0.717) is 5.56 Å². The zero-order valence-electron chi connectivity index (χ0n) is 10.8. The molecular formula is C15H20O2S. The molecular weight excluding hydrogens is 244 g/mol. The first-order valence-corrected chi connectivity index (χ1v) is 7.13. The first-order valence-electron chi connectivity index (χ1n) is 6.69. The summed E-state index contributed by atoms with van der Waals surface area (Å²) in [5, 5.41) is 0. The number of carbonyl (C=O) groups is 1. The largest absolute Gasteiger partial charge is 0.459 e. The molecule has 2 nitrogen and oxygen atoms in total. The SMILES string of the molecule is CCC1CCCC(OC(=O)c2ccc(S)cc2)C1. The van der Waals surface area contributed by atoms with Crippen LogP contribution in [0.5, 0.6) is 0 Å². The second-order valence-corrected chi connectivity index (χ2v) is 5.53. The van der Waals surface area contributed by atoms with Crippen LogP contribution in [0.4, 0.5) is 0 Å². The summed E-state index contributed by atoms with van der Waals surface area (Å²) in [6.07, 6.45) is 5.76. The van der Waals surface area contributed by atoms with Crippen molar-refractivity contribution in [2.45, 2.75) is 50.0 Å². The predicted octanol–water partition coefficient (Wildman–Crippen LogP) is 4.10. The Morgan fingerprint density at radius 1 is 1.33 bits per heavy atom. The highest BCUT2D eigenvalue weighted by Gasteiger charge is 2.24. The van der Waals surface area contributed by atoms with E-state index in [4.69, 9.17) is 4.74 Å². The molecule has 0 aromatic heterocycles. The molecule has 1 aromatic carbocycles. The monoisotopic (exact) mass is 264 g/mol. The Kier molecular flexibility index (Phi) is 4.70. The van der Waals surface area contributed by atoms with Crippen LogP contribution in [0.2, 0.25) is 0 Å². The minimum absolute atomic E-state index is 0.104. The van der Waals surface area contributed by atoms with Gasteiger partial charge >= 0.3 is 5.97 Å². The highest BCUT2D eigenvalue weighted by Crippen LogP contribution is 2.28. The molecule has 0 aliphatic heterocycles. The normalized spacial score (nSPS) is 23.7. The molecule has 2 atom stereocenters. The van der Waals surface area contributed by atoms with Crippen molar-refractivity contribution in [1.29, 1.82) is 0 Å².